The van der Waals surface area contributed by atoms with Gasteiger partial charge in [0.1, 0.15) is 0 Å². The summed E-state index contributed by atoms with van der Waals surface area (Å²) >= 11 is 0. The van der Waals surface area contributed by atoms with Crippen LogP contribution in [0, 0.1) is 6.92 Å². The fourth-order valence-corrected chi connectivity index (χ4v) is 2.94. The van der Waals surface area contributed by atoms with Gasteiger partial charge in [-0.05, 0) is 43.2 Å². The summed E-state index contributed by atoms with van der Waals surface area (Å²) in [6, 6.07) is 10.8. The topological polar surface area (TPSA) is 38.1 Å². The van der Waals surface area contributed by atoms with Crippen molar-refractivity contribution in [1.82, 2.24) is 10.5 Å². The highest BCUT2D eigenvalue weighted by atomic mass is 16.5. The minimum absolute atomic E-state index is 0.633. The van der Waals surface area contributed by atoms with E-state index >= 15 is 0 Å². The highest BCUT2D eigenvalue weighted by molar-refractivity contribution is 5.32. The van der Waals surface area contributed by atoms with Crippen LogP contribution in [0.5, 0.6) is 0 Å². The normalized spacial score (nSPS) is 18.3. The van der Waals surface area contributed by atoms with Gasteiger partial charge in [-0.2, -0.15) is 0 Å². The molecule has 1 aromatic carbocycles. The number of nitrogens with zero attached hydrogens (tertiary/aromatic N) is 1. The number of aromatic nitrogens is 1. The van der Waals surface area contributed by atoms with Gasteiger partial charge in [-0.25, -0.2) is 0 Å². The lowest BCUT2D eigenvalue weighted by molar-refractivity contribution is 0.366. The molecule has 0 saturated carbocycles. The maximum atomic E-state index is 5.21. The molecule has 1 atom stereocenters. The molecule has 19 heavy (non-hydrogen) atoms. The second-order valence-corrected chi connectivity index (χ2v) is 5.35. The van der Waals surface area contributed by atoms with Crippen molar-refractivity contribution in [2.75, 3.05) is 6.54 Å². The van der Waals surface area contributed by atoms with Crippen LogP contribution in [0.25, 0.3) is 0 Å². The molecular weight excluding hydrogens is 236 g/mol. The zero-order chi connectivity index (χ0) is 13.1. The average Bonchev–Trinajstić information content (AvgIpc) is 2.85. The van der Waals surface area contributed by atoms with Crippen LogP contribution in [-0.4, -0.2) is 11.7 Å². The lowest BCUT2D eigenvalue weighted by Crippen LogP contribution is -2.24. The first-order valence-corrected chi connectivity index (χ1v) is 7.03. The van der Waals surface area contributed by atoms with E-state index in [1.165, 1.54) is 30.4 Å². The van der Waals surface area contributed by atoms with Crippen molar-refractivity contribution < 1.29 is 4.52 Å². The van der Waals surface area contributed by atoms with Gasteiger partial charge in [0, 0.05) is 12.6 Å². The molecule has 100 valence electrons. The maximum absolute atomic E-state index is 5.21. The van der Waals surface area contributed by atoms with Gasteiger partial charge in [0.2, 0.25) is 0 Å². The predicted octanol–water partition coefficient (Wildman–Crippen LogP) is 3.19. The first-order valence-electron chi connectivity index (χ1n) is 7.03. The van der Waals surface area contributed by atoms with Crippen LogP contribution in [0.2, 0.25) is 0 Å². The van der Waals surface area contributed by atoms with Gasteiger partial charge in [0.25, 0.3) is 0 Å². The number of hydrogen-bond acceptors (Lipinski definition) is 3. The maximum Gasteiger partial charge on any atom is 0.150 e. The van der Waals surface area contributed by atoms with E-state index in [0.717, 1.165) is 24.5 Å². The number of nitrogens with one attached hydrogen (secondary N) is 1. The van der Waals surface area contributed by atoms with Crippen molar-refractivity contribution in [1.29, 1.82) is 0 Å². The summed E-state index contributed by atoms with van der Waals surface area (Å²) < 4.78 is 5.21. The van der Waals surface area contributed by atoms with Crippen molar-refractivity contribution in [3.8, 4) is 0 Å². The van der Waals surface area contributed by atoms with Crippen molar-refractivity contribution in [2.45, 2.75) is 38.6 Å². The predicted molar refractivity (Wildman–Crippen MR) is 75.1 cm³/mol. The monoisotopic (exact) mass is 256 g/mol. The Morgan fingerprint density at radius 1 is 1.37 bits per heavy atom. The molecule has 3 nitrogen and oxygen atoms in total. The summed E-state index contributed by atoms with van der Waals surface area (Å²) in [5.41, 5.74) is 3.99. The first-order chi connectivity index (χ1) is 9.33. The lowest BCUT2D eigenvalue weighted by Gasteiger charge is -2.25. The smallest absolute Gasteiger partial charge is 0.150 e. The van der Waals surface area contributed by atoms with Crippen molar-refractivity contribution in [3.05, 3.63) is 52.9 Å². The molecular formula is C16H20N2O. The minimum atomic E-state index is 0.633. The molecule has 1 aliphatic rings. The molecule has 3 heteroatoms. The molecule has 1 aromatic heterocycles. The van der Waals surface area contributed by atoms with Gasteiger partial charge in [-0.3, -0.25) is 0 Å². The number of hydrogen-bond donors (Lipinski definition) is 1. The van der Waals surface area contributed by atoms with Crippen molar-refractivity contribution in [3.63, 3.8) is 0 Å². The fourth-order valence-electron chi connectivity index (χ4n) is 2.94. The van der Waals surface area contributed by atoms with Gasteiger partial charge in [-0.1, -0.05) is 29.4 Å². The zero-order valence-electron chi connectivity index (χ0n) is 11.4. The number of benzene rings is 1. The van der Waals surface area contributed by atoms with Crippen LogP contribution in [0.4, 0.5) is 0 Å². The SMILES string of the molecule is Cc1cc(CNCC2CCCc3ccccc32)on1. The highest BCUT2D eigenvalue weighted by Crippen LogP contribution is 2.30. The molecule has 3 rings (SSSR count). The molecule has 0 bridgehead atoms. The molecule has 1 N–H and O–H groups in total. The van der Waals surface area contributed by atoms with Gasteiger partial charge in [0.05, 0.1) is 12.2 Å². The molecule has 2 aromatic rings. The molecule has 0 amide bonds. The Morgan fingerprint density at radius 3 is 3.11 bits per heavy atom. The molecule has 0 fully saturated rings. The van der Waals surface area contributed by atoms with E-state index in [9.17, 15) is 0 Å². The van der Waals surface area contributed by atoms with Crippen molar-refractivity contribution >= 4 is 0 Å². The molecule has 1 aliphatic carbocycles. The van der Waals surface area contributed by atoms with E-state index in [1.54, 1.807) is 0 Å². The quantitative estimate of drug-likeness (QED) is 0.913. The van der Waals surface area contributed by atoms with E-state index in [4.69, 9.17) is 4.52 Å². The molecule has 0 radical (unpaired) electrons. The lowest BCUT2D eigenvalue weighted by atomic mass is 9.83. The summed E-state index contributed by atoms with van der Waals surface area (Å²) in [6.07, 6.45) is 3.80. The minimum Gasteiger partial charge on any atom is -0.360 e. The standard InChI is InChI=1S/C16H20N2O/c1-12-9-15(19-18-12)11-17-10-14-7-4-6-13-5-2-3-8-16(13)14/h2-3,5,8-9,14,17H,4,6-7,10-11H2,1H3. The van der Waals surface area contributed by atoms with Crippen LogP contribution >= 0.6 is 0 Å². The molecule has 0 aliphatic heterocycles. The third kappa shape index (κ3) is 2.87. The highest BCUT2D eigenvalue weighted by Gasteiger charge is 2.19. The van der Waals surface area contributed by atoms with Crippen LogP contribution in [0.3, 0.4) is 0 Å². The Kier molecular flexibility index (Phi) is 3.65. The third-order valence-corrected chi connectivity index (χ3v) is 3.86. The number of aryl methyl sites for hydroxylation is 2. The van der Waals surface area contributed by atoms with Crippen LogP contribution < -0.4 is 5.32 Å². The Morgan fingerprint density at radius 2 is 2.26 bits per heavy atom. The van der Waals surface area contributed by atoms with Gasteiger partial charge in [0.15, 0.2) is 5.76 Å². The van der Waals surface area contributed by atoms with Crippen LogP contribution in [0.1, 0.15) is 41.3 Å². The Balaban J connectivity index is 1.59. The Labute approximate surface area is 114 Å². The van der Waals surface area contributed by atoms with E-state index < -0.39 is 0 Å². The van der Waals surface area contributed by atoms with Crippen LogP contribution in [0.15, 0.2) is 34.9 Å². The van der Waals surface area contributed by atoms with E-state index in [2.05, 4.69) is 34.7 Å². The molecule has 0 saturated heterocycles. The number of rotatable bonds is 4. The van der Waals surface area contributed by atoms with E-state index in [0.29, 0.717) is 5.92 Å². The third-order valence-electron chi connectivity index (χ3n) is 3.86. The fraction of sp³-hybridized carbons (Fsp3) is 0.438. The Hall–Kier alpha value is -1.61. The second-order valence-electron chi connectivity index (χ2n) is 5.35. The number of fused-ring (bicyclic) bond motifs is 1. The first kappa shape index (κ1) is 12.4. The van der Waals surface area contributed by atoms with Gasteiger partial charge in [-0.15, -0.1) is 0 Å². The summed E-state index contributed by atoms with van der Waals surface area (Å²) in [6.45, 7) is 3.72. The van der Waals surface area contributed by atoms with Crippen LogP contribution in [-0.2, 0) is 13.0 Å². The zero-order valence-corrected chi connectivity index (χ0v) is 11.4. The second kappa shape index (κ2) is 5.57. The van der Waals surface area contributed by atoms with Gasteiger partial charge < -0.3 is 9.84 Å². The molecule has 1 heterocycles. The average molecular weight is 256 g/mol. The largest absolute Gasteiger partial charge is 0.360 e. The van der Waals surface area contributed by atoms with Gasteiger partial charge >= 0.3 is 0 Å². The summed E-state index contributed by atoms with van der Waals surface area (Å²) in [5.74, 6) is 1.55. The summed E-state index contributed by atoms with van der Waals surface area (Å²) in [5, 5.41) is 7.39. The van der Waals surface area contributed by atoms with E-state index in [1.807, 2.05) is 13.0 Å². The summed E-state index contributed by atoms with van der Waals surface area (Å²) in [4.78, 5) is 0. The molecule has 1 unspecified atom stereocenters. The Bertz CT molecular complexity index is 547. The molecule has 0 spiro atoms. The summed E-state index contributed by atoms with van der Waals surface area (Å²) in [7, 11) is 0. The van der Waals surface area contributed by atoms with E-state index in [-0.39, 0.29) is 0 Å². The van der Waals surface area contributed by atoms with Crippen molar-refractivity contribution in [2.24, 2.45) is 0 Å².